The summed E-state index contributed by atoms with van der Waals surface area (Å²) in [4.78, 5) is 4.52. The zero-order valence-corrected chi connectivity index (χ0v) is 8.95. The number of nitrogens with zero attached hydrogens (tertiary/aromatic N) is 2. The van der Waals surface area contributed by atoms with E-state index < -0.39 is 0 Å². The topological polar surface area (TPSA) is 38.0 Å². The molecular formula is C11H18N2O. The lowest BCUT2D eigenvalue weighted by molar-refractivity contribution is 0.262. The molecule has 1 aliphatic rings. The normalized spacial score (nSPS) is 20.9. The van der Waals surface area contributed by atoms with Crippen LogP contribution < -0.4 is 0 Å². The van der Waals surface area contributed by atoms with Gasteiger partial charge >= 0.3 is 0 Å². The van der Waals surface area contributed by atoms with E-state index in [1.54, 1.807) is 0 Å². The van der Waals surface area contributed by atoms with E-state index in [9.17, 15) is 5.11 Å². The molecule has 1 aromatic heterocycles. The molecule has 3 nitrogen and oxygen atoms in total. The average molecular weight is 194 g/mol. The SMILES string of the molecule is CCC1CCn2c(nc(C)c2CO)C1. The molecule has 3 heteroatoms. The standard InChI is InChI=1S/C11H18N2O/c1-3-9-4-5-13-10(7-14)8(2)12-11(13)6-9/h9,14H,3-7H2,1-2H3. The molecule has 1 atom stereocenters. The number of aliphatic hydroxyl groups is 1. The number of imidazole rings is 1. The van der Waals surface area contributed by atoms with Crippen LogP contribution in [0.1, 0.15) is 37.0 Å². The Bertz CT molecular complexity index is 330. The van der Waals surface area contributed by atoms with Crippen molar-refractivity contribution in [3.8, 4) is 0 Å². The van der Waals surface area contributed by atoms with Crippen molar-refractivity contribution in [3.05, 3.63) is 17.2 Å². The number of aryl methyl sites for hydroxylation is 1. The summed E-state index contributed by atoms with van der Waals surface area (Å²) in [5, 5.41) is 9.23. The van der Waals surface area contributed by atoms with E-state index in [4.69, 9.17) is 0 Å². The Kier molecular flexibility index (Phi) is 2.59. The first-order chi connectivity index (χ1) is 6.76. The maximum Gasteiger partial charge on any atom is 0.109 e. The molecule has 1 unspecified atom stereocenters. The molecule has 0 fully saturated rings. The first-order valence-corrected chi connectivity index (χ1v) is 5.42. The number of hydrogen-bond donors (Lipinski definition) is 1. The minimum Gasteiger partial charge on any atom is -0.390 e. The van der Waals surface area contributed by atoms with Gasteiger partial charge in [0.1, 0.15) is 5.82 Å². The fourth-order valence-corrected chi connectivity index (χ4v) is 2.31. The van der Waals surface area contributed by atoms with Gasteiger partial charge in [0.25, 0.3) is 0 Å². The molecule has 0 spiro atoms. The molecule has 2 heterocycles. The van der Waals surface area contributed by atoms with E-state index in [1.807, 2.05) is 6.92 Å². The van der Waals surface area contributed by atoms with Crippen molar-refractivity contribution in [1.29, 1.82) is 0 Å². The highest BCUT2D eigenvalue weighted by atomic mass is 16.3. The zero-order valence-electron chi connectivity index (χ0n) is 8.95. The van der Waals surface area contributed by atoms with Gasteiger partial charge in [-0.1, -0.05) is 13.3 Å². The Morgan fingerprint density at radius 1 is 1.57 bits per heavy atom. The van der Waals surface area contributed by atoms with Gasteiger partial charge in [0, 0.05) is 13.0 Å². The first kappa shape index (κ1) is 9.71. The van der Waals surface area contributed by atoms with Gasteiger partial charge in [-0.3, -0.25) is 0 Å². The van der Waals surface area contributed by atoms with Crippen molar-refractivity contribution in [2.75, 3.05) is 0 Å². The van der Waals surface area contributed by atoms with Gasteiger partial charge in [-0.25, -0.2) is 4.98 Å². The van der Waals surface area contributed by atoms with Crippen LogP contribution in [0.5, 0.6) is 0 Å². The van der Waals surface area contributed by atoms with E-state index in [0.29, 0.717) is 0 Å². The predicted molar refractivity (Wildman–Crippen MR) is 55.0 cm³/mol. The molecule has 2 rings (SSSR count). The Morgan fingerprint density at radius 3 is 3.00 bits per heavy atom. The Hall–Kier alpha value is -0.830. The number of hydrogen-bond acceptors (Lipinski definition) is 2. The summed E-state index contributed by atoms with van der Waals surface area (Å²) in [6, 6.07) is 0. The van der Waals surface area contributed by atoms with Gasteiger partial charge in [0.05, 0.1) is 18.0 Å². The highest BCUT2D eigenvalue weighted by Gasteiger charge is 2.21. The Morgan fingerprint density at radius 2 is 2.36 bits per heavy atom. The summed E-state index contributed by atoms with van der Waals surface area (Å²) in [7, 11) is 0. The van der Waals surface area contributed by atoms with Crippen LogP contribution in [-0.4, -0.2) is 14.7 Å². The van der Waals surface area contributed by atoms with Crippen molar-refractivity contribution in [2.24, 2.45) is 5.92 Å². The molecule has 0 bridgehead atoms. The monoisotopic (exact) mass is 194 g/mol. The van der Waals surface area contributed by atoms with Crippen molar-refractivity contribution in [3.63, 3.8) is 0 Å². The number of aliphatic hydroxyl groups excluding tert-OH is 1. The van der Waals surface area contributed by atoms with Crippen LogP contribution in [-0.2, 0) is 19.6 Å². The number of aromatic nitrogens is 2. The molecule has 0 radical (unpaired) electrons. The van der Waals surface area contributed by atoms with E-state index in [2.05, 4.69) is 16.5 Å². The van der Waals surface area contributed by atoms with Crippen LogP contribution in [0.2, 0.25) is 0 Å². The second-order valence-corrected chi connectivity index (χ2v) is 4.14. The van der Waals surface area contributed by atoms with Crippen LogP contribution in [0.25, 0.3) is 0 Å². The molecule has 14 heavy (non-hydrogen) atoms. The molecule has 1 aromatic rings. The molecule has 78 valence electrons. The van der Waals surface area contributed by atoms with E-state index in [1.165, 1.54) is 18.7 Å². The molecule has 0 saturated carbocycles. The summed E-state index contributed by atoms with van der Waals surface area (Å²) < 4.78 is 2.20. The summed E-state index contributed by atoms with van der Waals surface area (Å²) in [5.74, 6) is 1.96. The maximum atomic E-state index is 9.23. The van der Waals surface area contributed by atoms with Gasteiger partial charge in [0.15, 0.2) is 0 Å². The summed E-state index contributed by atoms with van der Waals surface area (Å²) in [5.41, 5.74) is 2.01. The van der Waals surface area contributed by atoms with Gasteiger partial charge in [-0.2, -0.15) is 0 Å². The van der Waals surface area contributed by atoms with Crippen molar-refractivity contribution in [2.45, 2.75) is 46.3 Å². The van der Waals surface area contributed by atoms with E-state index in [0.717, 1.165) is 30.3 Å². The Balaban J connectivity index is 2.31. The third-order valence-corrected chi connectivity index (χ3v) is 3.31. The molecule has 0 amide bonds. The second-order valence-electron chi connectivity index (χ2n) is 4.14. The molecule has 0 aromatic carbocycles. The quantitative estimate of drug-likeness (QED) is 0.777. The van der Waals surface area contributed by atoms with Crippen molar-refractivity contribution >= 4 is 0 Å². The number of fused-ring (bicyclic) bond motifs is 1. The van der Waals surface area contributed by atoms with Crippen LogP contribution in [0.4, 0.5) is 0 Å². The molecular weight excluding hydrogens is 176 g/mol. The lowest BCUT2D eigenvalue weighted by Gasteiger charge is -2.23. The van der Waals surface area contributed by atoms with Crippen molar-refractivity contribution in [1.82, 2.24) is 9.55 Å². The fraction of sp³-hybridized carbons (Fsp3) is 0.727. The van der Waals surface area contributed by atoms with Gasteiger partial charge in [0.2, 0.25) is 0 Å². The van der Waals surface area contributed by atoms with Gasteiger partial charge < -0.3 is 9.67 Å². The first-order valence-electron chi connectivity index (χ1n) is 5.42. The third-order valence-electron chi connectivity index (χ3n) is 3.31. The van der Waals surface area contributed by atoms with Crippen molar-refractivity contribution < 1.29 is 5.11 Å². The zero-order chi connectivity index (χ0) is 10.1. The summed E-state index contributed by atoms with van der Waals surface area (Å²) >= 11 is 0. The van der Waals surface area contributed by atoms with Gasteiger partial charge in [-0.15, -0.1) is 0 Å². The largest absolute Gasteiger partial charge is 0.390 e. The van der Waals surface area contributed by atoms with Crippen LogP contribution >= 0.6 is 0 Å². The molecule has 1 aliphatic heterocycles. The average Bonchev–Trinajstić information content (AvgIpc) is 2.51. The van der Waals surface area contributed by atoms with E-state index in [-0.39, 0.29) is 6.61 Å². The summed E-state index contributed by atoms with van der Waals surface area (Å²) in [6.07, 6.45) is 3.55. The van der Waals surface area contributed by atoms with Crippen LogP contribution in [0, 0.1) is 12.8 Å². The Labute approximate surface area is 84.8 Å². The second kappa shape index (κ2) is 3.73. The third kappa shape index (κ3) is 1.46. The lowest BCUT2D eigenvalue weighted by Crippen LogP contribution is -2.20. The van der Waals surface area contributed by atoms with Gasteiger partial charge in [-0.05, 0) is 19.3 Å². The van der Waals surface area contributed by atoms with Crippen LogP contribution in [0.15, 0.2) is 0 Å². The molecule has 0 aliphatic carbocycles. The number of rotatable bonds is 2. The minimum atomic E-state index is 0.121. The highest BCUT2D eigenvalue weighted by Crippen LogP contribution is 2.25. The smallest absolute Gasteiger partial charge is 0.109 e. The fourth-order valence-electron chi connectivity index (χ4n) is 2.31. The lowest BCUT2D eigenvalue weighted by atomic mass is 9.95. The summed E-state index contributed by atoms with van der Waals surface area (Å²) in [6.45, 7) is 5.38. The molecule has 0 saturated heterocycles. The highest BCUT2D eigenvalue weighted by molar-refractivity contribution is 5.16. The predicted octanol–water partition coefficient (Wildman–Crippen LogP) is 1.66. The molecule has 1 N–H and O–H groups in total. The maximum absolute atomic E-state index is 9.23. The van der Waals surface area contributed by atoms with E-state index >= 15 is 0 Å². The van der Waals surface area contributed by atoms with Crippen LogP contribution in [0.3, 0.4) is 0 Å². The minimum absolute atomic E-state index is 0.121.